The summed E-state index contributed by atoms with van der Waals surface area (Å²) in [7, 11) is 0. The highest BCUT2D eigenvalue weighted by Gasteiger charge is 2.12. The smallest absolute Gasteiger partial charge is 0.239 e. The van der Waals surface area contributed by atoms with E-state index in [4.69, 9.17) is 10.5 Å². The summed E-state index contributed by atoms with van der Waals surface area (Å²) in [5.74, 6) is 1.33. The van der Waals surface area contributed by atoms with Crippen molar-refractivity contribution >= 4 is 17.2 Å². The molecule has 0 aliphatic rings. The lowest BCUT2D eigenvalue weighted by Gasteiger charge is -2.23. The van der Waals surface area contributed by atoms with E-state index in [0.717, 1.165) is 18.1 Å². The molecule has 1 heterocycles. The largest absolute Gasteiger partial charge is 0.473 e. The molecule has 0 bridgehead atoms. The van der Waals surface area contributed by atoms with E-state index in [1.165, 1.54) is 5.56 Å². The molecule has 2 rings (SSSR count). The molecule has 0 aliphatic carbocycles. The Kier molecular flexibility index (Phi) is 4.68. The van der Waals surface area contributed by atoms with Gasteiger partial charge in [0.05, 0.1) is 11.8 Å². The molecule has 112 valence electrons. The Hall–Kier alpha value is -2.23. The molecule has 4 heteroatoms. The molecular weight excluding hydrogens is 262 g/mol. The summed E-state index contributed by atoms with van der Waals surface area (Å²) >= 11 is 0. The van der Waals surface area contributed by atoms with Gasteiger partial charge in [0, 0.05) is 12.2 Å². The molecule has 0 aliphatic heterocycles. The molecule has 2 aromatic rings. The third kappa shape index (κ3) is 3.66. The van der Waals surface area contributed by atoms with Crippen molar-refractivity contribution in [1.29, 1.82) is 0 Å². The van der Waals surface area contributed by atoms with Crippen LogP contribution in [0.15, 0.2) is 36.4 Å². The van der Waals surface area contributed by atoms with Gasteiger partial charge in [0.25, 0.3) is 0 Å². The van der Waals surface area contributed by atoms with Crippen LogP contribution < -0.4 is 15.4 Å². The molecule has 0 fully saturated rings. The fourth-order valence-corrected chi connectivity index (χ4v) is 2.18. The molecule has 0 spiro atoms. The highest BCUT2D eigenvalue weighted by atomic mass is 16.5. The molecule has 4 nitrogen and oxygen atoms in total. The van der Waals surface area contributed by atoms with Crippen molar-refractivity contribution in [1.82, 2.24) is 4.98 Å². The molecular formula is C17H23N3O. The summed E-state index contributed by atoms with van der Waals surface area (Å²) in [6.45, 7) is 8.93. The second-order valence-corrected chi connectivity index (χ2v) is 5.31. The molecule has 2 N–H and O–H groups in total. The molecule has 1 aromatic carbocycles. The fraction of sp³-hybridized carbons (Fsp3) is 0.353. The number of ether oxygens (including phenoxy) is 1. The number of aryl methyl sites for hydroxylation is 1. The van der Waals surface area contributed by atoms with Crippen molar-refractivity contribution in [3.63, 3.8) is 0 Å². The number of hydrogen-bond acceptors (Lipinski definition) is 4. The first-order valence-electron chi connectivity index (χ1n) is 7.28. The van der Waals surface area contributed by atoms with E-state index in [1.807, 2.05) is 26.0 Å². The van der Waals surface area contributed by atoms with Gasteiger partial charge in [0.15, 0.2) is 0 Å². The Balaban J connectivity index is 2.38. The first-order valence-corrected chi connectivity index (χ1v) is 7.28. The number of nitrogens with two attached hydrogens (primary N) is 1. The monoisotopic (exact) mass is 285 g/mol. The van der Waals surface area contributed by atoms with Crippen LogP contribution in [0.5, 0.6) is 5.88 Å². The highest BCUT2D eigenvalue weighted by molar-refractivity contribution is 5.63. The molecule has 0 atom stereocenters. The van der Waals surface area contributed by atoms with Crippen LogP contribution in [0.2, 0.25) is 0 Å². The number of hydrogen-bond donors (Lipinski definition) is 1. The van der Waals surface area contributed by atoms with E-state index in [-0.39, 0.29) is 6.10 Å². The number of anilines is 3. The summed E-state index contributed by atoms with van der Waals surface area (Å²) in [6, 6.07) is 12.1. The summed E-state index contributed by atoms with van der Waals surface area (Å²) in [4.78, 5) is 6.71. The van der Waals surface area contributed by atoms with Gasteiger partial charge >= 0.3 is 0 Å². The maximum atomic E-state index is 5.94. The minimum Gasteiger partial charge on any atom is -0.473 e. The average Bonchev–Trinajstić information content (AvgIpc) is 2.43. The lowest BCUT2D eigenvalue weighted by Crippen LogP contribution is -2.18. The molecule has 0 saturated heterocycles. The zero-order valence-electron chi connectivity index (χ0n) is 13.1. The van der Waals surface area contributed by atoms with Crippen LogP contribution in [0.1, 0.15) is 26.3 Å². The number of benzene rings is 1. The van der Waals surface area contributed by atoms with Gasteiger partial charge in [0.2, 0.25) is 5.88 Å². The molecule has 1 aromatic heterocycles. The number of pyridine rings is 1. The summed E-state index contributed by atoms with van der Waals surface area (Å²) in [6.07, 6.45) is 0.0455. The predicted octanol–water partition coefficient (Wildman–Crippen LogP) is 3.92. The SMILES string of the molecule is CCN(c1cccc(C)c1)c1ccc(N)c(OC(C)C)n1. The number of nitrogen functional groups attached to an aromatic ring is 1. The summed E-state index contributed by atoms with van der Waals surface area (Å²) < 4.78 is 5.68. The third-order valence-electron chi connectivity index (χ3n) is 3.13. The molecule has 0 amide bonds. The zero-order valence-corrected chi connectivity index (χ0v) is 13.1. The minimum atomic E-state index is 0.0455. The van der Waals surface area contributed by atoms with Crippen molar-refractivity contribution in [2.24, 2.45) is 0 Å². The fourth-order valence-electron chi connectivity index (χ4n) is 2.18. The highest BCUT2D eigenvalue weighted by Crippen LogP contribution is 2.29. The van der Waals surface area contributed by atoms with Crippen molar-refractivity contribution in [2.45, 2.75) is 33.8 Å². The Morgan fingerprint density at radius 2 is 2.00 bits per heavy atom. The first kappa shape index (κ1) is 15.2. The molecule has 0 radical (unpaired) electrons. The molecule has 0 saturated carbocycles. The van der Waals surface area contributed by atoms with Crippen molar-refractivity contribution < 1.29 is 4.74 Å². The molecule has 21 heavy (non-hydrogen) atoms. The predicted molar refractivity (Wildman–Crippen MR) is 88.3 cm³/mol. The Labute approximate surface area is 126 Å². The quantitative estimate of drug-likeness (QED) is 0.904. The minimum absolute atomic E-state index is 0.0455. The Morgan fingerprint density at radius 1 is 1.24 bits per heavy atom. The van der Waals surface area contributed by atoms with Crippen LogP contribution >= 0.6 is 0 Å². The van der Waals surface area contributed by atoms with E-state index in [2.05, 4.69) is 48.0 Å². The van der Waals surface area contributed by atoms with Gasteiger partial charge in [-0.2, -0.15) is 4.98 Å². The number of nitrogens with zero attached hydrogens (tertiary/aromatic N) is 2. The van der Waals surface area contributed by atoms with Crippen LogP contribution in [-0.2, 0) is 0 Å². The lowest BCUT2D eigenvalue weighted by atomic mass is 10.2. The lowest BCUT2D eigenvalue weighted by molar-refractivity contribution is 0.234. The van der Waals surface area contributed by atoms with Crippen molar-refractivity contribution in [3.8, 4) is 5.88 Å². The third-order valence-corrected chi connectivity index (χ3v) is 3.13. The Morgan fingerprint density at radius 3 is 2.62 bits per heavy atom. The van der Waals surface area contributed by atoms with E-state index in [0.29, 0.717) is 11.6 Å². The van der Waals surface area contributed by atoms with E-state index in [1.54, 1.807) is 0 Å². The van der Waals surface area contributed by atoms with Gasteiger partial charge in [-0.05, 0) is 57.5 Å². The van der Waals surface area contributed by atoms with Crippen molar-refractivity contribution in [2.75, 3.05) is 17.2 Å². The van der Waals surface area contributed by atoms with Crippen LogP contribution in [0.4, 0.5) is 17.2 Å². The van der Waals surface area contributed by atoms with Crippen LogP contribution in [0.25, 0.3) is 0 Å². The normalized spacial score (nSPS) is 10.7. The van der Waals surface area contributed by atoms with Crippen LogP contribution in [0, 0.1) is 6.92 Å². The van der Waals surface area contributed by atoms with Gasteiger partial charge in [-0.3, -0.25) is 0 Å². The van der Waals surface area contributed by atoms with E-state index in [9.17, 15) is 0 Å². The maximum Gasteiger partial charge on any atom is 0.239 e. The van der Waals surface area contributed by atoms with Gasteiger partial charge in [-0.15, -0.1) is 0 Å². The van der Waals surface area contributed by atoms with Gasteiger partial charge in [-0.25, -0.2) is 0 Å². The second kappa shape index (κ2) is 6.48. The van der Waals surface area contributed by atoms with Crippen LogP contribution in [0.3, 0.4) is 0 Å². The number of rotatable bonds is 5. The Bertz CT molecular complexity index is 611. The van der Waals surface area contributed by atoms with E-state index >= 15 is 0 Å². The van der Waals surface area contributed by atoms with Gasteiger partial charge in [0.1, 0.15) is 5.82 Å². The first-order chi connectivity index (χ1) is 10.0. The van der Waals surface area contributed by atoms with E-state index < -0.39 is 0 Å². The maximum absolute atomic E-state index is 5.94. The number of aromatic nitrogens is 1. The van der Waals surface area contributed by atoms with Crippen LogP contribution in [-0.4, -0.2) is 17.6 Å². The topological polar surface area (TPSA) is 51.4 Å². The standard InChI is InChI=1S/C17H23N3O/c1-5-20(14-8-6-7-13(4)11-14)16-10-9-15(18)17(19-16)21-12(2)3/h6-12H,5,18H2,1-4H3. The zero-order chi connectivity index (χ0) is 15.4. The second-order valence-electron chi connectivity index (χ2n) is 5.31. The molecule has 0 unspecified atom stereocenters. The van der Waals surface area contributed by atoms with Gasteiger partial charge in [-0.1, -0.05) is 12.1 Å². The summed E-state index contributed by atoms with van der Waals surface area (Å²) in [5, 5.41) is 0. The van der Waals surface area contributed by atoms with Crippen molar-refractivity contribution in [3.05, 3.63) is 42.0 Å². The average molecular weight is 285 g/mol. The van der Waals surface area contributed by atoms with Gasteiger partial charge < -0.3 is 15.4 Å². The summed E-state index contributed by atoms with van der Waals surface area (Å²) in [5.41, 5.74) is 8.84.